The Kier molecular flexibility index (Phi) is 6.13. The number of alkyl halides is 3. The molecule has 0 bridgehead atoms. The SMILES string of the molecule is CC1(C)NC(=O)N(CCC(=O)N2CCCCC2c2[nH]ncc2-c2ccc(C(F)(F)F)cc2)C1=O. The molecule has 2 aliphatic rings. The number of piperidine rings is 1. The quantitative estimate of drug-likeness (QED) is 0.639. The summed E-state index contributed by atoms with van der Waals surface area (Å²) in [6.07, 6.45) is -0.547. The lowest BCUT2D eigenvalue weighted by molar-refractivity contribution is -0.138. The van der Waals surface area contributed by atoms with Gasteiger partial charge in [0.15, 0.2) is 0 Å². The van der Waals surface area contributed by atoms with E-state index >= 15 is 0 Å². The summed E-state index contributed by atoms with van der Waals surface area (Å²) < 4.78 is 38.8. The zero-order chi connectivity index (χ0) is 24.7. The van der Waals surface area contributed by atoms with Gasteiger partial charge in [-0.15, -0.1) is 0 Å². The van der Waals surface area contributed by atoms with E-state index in [0.29, 0.717) is 29.8 Å². The second-order valence-corrected chi connectivity index (χ2v) is 9.13. The van der Waals surface area contributed by atoms with Gasteiger partial charge in [-0.05, 0) is 50.8 Å². The van der Waals surface area contributed by atoms with Gasteiger partial charge in [0.05, 0.1) is 23.5 Å². The van der Waals surface area contributed by atoms with Gasteiger partial charge >= 0.3 is 12.2 Å². The third-order valence-corrected chi connectivity index (χ3v) is 6.34. The van der Waals surface area contributed by atoms with E-state index in [0.717, 1.165) is 29.9 Å². The Morgan fingerprint density at radius 3 is 2.50 bits per heavy atom. The molecule has 3 heterocycles. The highest BCUT2D eigenvalue weighted by molar-refractivity contribution is 6.06. The number of imide groups is 1. The van der Waals surface area contributed by atoms with Crippen LogP contribution in [-0.4, -0.2) is 56.5 Å². The minimum absolute atomic E-state index is 0.0184. The minimum Gasteiger partial charge on any atom is -0.334 e. The topological polar surface area (TPSA) is 98.4 Å². The summed E-state index contributed by atoms with van der Waals surface area (Å²) in [7, 11) is 0. The predicted octanol–water partition coefficient (Wildman–Crippen LogP) is 3.87. The second kappa shape index (κ2) is 8.77. The number of aromatic nitrogens is 2. The summed E-state index contributed by atoms with van der Waals surface area (Å²) in [5.41, 5.74) is 0.120. The molecule has 11 heteroatoms. The van der Waals surface area contributed by atoms with Crippen LogP contribution in [0.2, 0.25) is 0 Å². The first-order chi connectivity index (χ1) is 16.0. The van der Waals surface area contributed by atoms with Crippen molar-refractivity contribution in [2.24, 2.45) is 0 Å². The molecule has 2 aliphatic heterocycles. The largest absolute Gasteiger partial charge is 0.416 e. The molecule has 1 aromatic carbocycles. The molecule has 0 spiro atoms. The molecule has 2 N–H and O–H groups in total. The van der Waals surface area contributed by atoms with Gasteiger partial charge in [0.25, 0.3) is 5.91 Å². The highest BCUT2D eigenvalue weighted by atomic mass is 19.4. The molecule has 4 amide bonds. The summed E-state index contributed by atoms with van der Waals surface area (Å²) in [6, 6.07) is 3.99. The molecular weight excluding hydrogens is 451 g/mol. The first kappa shape index (κ1) is 23.8. The van der Waals surface area contributed by atoms with Crippen LogP contribution >= 0.6 is 0 Å². The molecule has 4 rings (SSSR count). The fraction of sp³-hybridized carbons (Fsp3) is 0.478. The summed E-state index contributed by atoms with van der Waals surface area (Å²) in [6.45, 7) is 3.69. The summed E-state index contributed by atoms with van der Waals surface area (Å²) in [5, 5.41) is 9.62. The number of carbonyl (C=O) groups is 3. The van der Waals surface area contributed by atoms with E-state index in [1.54, 1.807) is 24.9 Å². The number of hydrogen-bond acceptors (Lipinski definition) is 4. The van der Waals surface area contributed by atoms with Crippen LogP contribution in [0, 0.1) is 0 Å². The maximum absolute atomic E-state index is 13.1. The number of halogens is 3. The summed E-state index contributed by atoms with van der Waals surface area (Å²) in [4.78, 5) is 40.4. The maximum atomic E-state index is 13.1. The van der Waals surface area contributed by atoms with E-state index in [-0.39, 0.29) is 30.8 Å². The number of amides is 4. The van der Waals surface area contributed by atoms with Gasteiger partial charge in [0.2, 0.25) is 5.91 Å². The lowest BCUT2D eigenvalue weighted by Gasteiger charge is -2.36. The number of nitrogens with zero attached hydrogens (tertiary/aromatic N) is 3. The molecule has 1 aromatic heterocycles. The van der Waals surface area contributed by atoms with Crippen molar-refractivity contribution in [1.29, 1.82) is 0 Å². The molecule has 0 radical (unpaired) electrons. The molecular formula is C23H26F3N5O3. The third kappa shape index (κ3) is 4.51. The van der Waals surface area contributed by atoms with Crippen molar-refractivity contribution in [3.63, 3.8) is 0 Å². The number of likely N-dealkylation sites (tertiary alicyclic amines) is 1. The molecule has 34 heavy (non-hydrogen) atoms. The Morgan fingerprint density at radius 2 is 1.88 bits per heavy atom. The Bertz CT molecular complexity index is 1090. The van der Waals surface area contributed by atoms with Crippen LogP contribution in [-0.2, 0) is 15.8 Å². The Hall–Kier alpha value is -3.37. The predicted molar refractivity (Wildman–Crippen MR) is 116 cm³/mol. The number of nitrogens with one attached hydrogen (secondary N) is 2. The van der Waals surface area contributed by atoms with Crippen LogP contribution in [0.3, 0.4) is 0 Å². The van der Waals surface area contributed by atoms with Crippen molar-refractivity contribution < 1.29 is 27.6 Å². The zero-order valence-electron chi connectivity index (χ0n) is 18.9. The molecule has 0 aliphatic carbocycles. The first-order valence-corrected chi connectivity index (χ1v) is 11.1. The van der Waals surface area contributed by atoms with Crippen LogP contribution < -0.4 is 5.32 Å². The first-order valence-electron chi connectivity index (χ1n) is 11.1. The molecule has 8 nitrogen and oxygen atoms in total. The maximum Gasteiger partial charge on any atom is 0.416 e. The smallest absolute Gasteiger partial charge is 0.334 e. The molecule has 2 saturated heterocycles. The number of hydrogen-bond donors (Lipinski definition) is 2. The van der Waals surface area contributed by atoms with Crippen molar-refractivity contribution >= 4 is 17.8 Å². The minimum atomic E-state index is -4.42. The van der Waals surface area contributed by atoms with Crippen molar-refractivity contribution in [3.05, 3.63) is 41.7 Å². The number of H-pyrrole nitrogens is 1. The molecule has 0 saturated carbocycles. The molecule has 2 fully saturated rings. The van der Waals surface area contributed by atoms with Gasteiger partial charge in [-0.1, -0.05) is 12.1 Å². The van der Waals surface area contributed by atoms with Crippen LogP contribution in [0.25, 0.3) is 11.1 Å². The Labute approximate surface area is 194 Å². The molecule has 2 aromatic rings. The monoisotopic (exact) mass is 477 g/mol. The number of urea groups is 1. The van der Waals surface area contributed by atoms with Gasteiger partial charge in [-0.2, -0.15) is 18.3 Å². The van der Waals surface area contributed by atoms with E-state index in [4.69, 9.17) is 0 Å². The number of aromatic amines is 1. The fourth-order valence-electron chi connectivity index (χ4n) is 4.52. The van der Waals surface area contributed by atoms with Gasteiger partial charge in [-0.25, -0.2) is 4.79 Å². The van der Waals surface area contributed by atoms with Gasteiger partial charge in [0, 0.05) is 25.1 Å². The summed E-state index contributed by atoms with van der Waals surface area (Å²) in [5.74, 6) is -0.582. The van der Waals surface area contributed by atoms with Gasteiger partial charge < -0.3 is 10.2 Å². The number of carbonyl (C=O) groups excluding carboxylic acids is 3. The van der Waals surface area contributed by atoms with E-state index in [1.165, 1.54) is 12.1 Å². The van der Waals surface area contributed by atoms with E-state index in [9.17, 15) is 27.6 Å². The van der Waals surface area contributed by atoms with Crippen LogP contribution in [0.5, 0.6) is 0 Å². The molecule has 1 unspecified atom stereocenters. The number of rotatable bonds is 5. The van der Waals surface area contributed by atoms with Crippen LogP contribution in [0.1, 0.15) is 56.8 Å². The number of benzene rings is 1. The van der Waals surface area contributed by atoms with Crippen molar-refractivity contribution in [3.8, 4) is 11.1 Å². The standard InChI is InChI=1S/C23H26F3N5O3/c1-22(2)20(33)31(21(34)28-22)12-10-18(32)30-11-4-3-5-17(30)19-16(13-27-29-19)14-6-8-15(9-7-14)23(24,25)26/h6-9,13,17H,3-5,10-12H2,1-2H3,(H,27,29)(H,28,34). The van der Waals surface area contributed by atoms with Crippen molar-refractivity contribution in [2.45, 2.75) is 57.3 Å². The lowest BCUT2D eigenvalue weighted by Crippen LogP contribution is -2.42. The highest BCUT2D eigenvalue weighted by Crippen LogP contribution is 2.37. The highest BCUT2D eigenvalue weighted by Gasteiger charge is 2.44. The van der Waals surface area contributed by atoms with E-state index in [2.05, 4.69) is 15.5 Å². The Morgan fingerprint density at radius 1 is 1.18 bits per heavy atom. The van der Waals surface area contributed by atoms with Crippen molar-refractivity contribution in [2.75, 3.05) is 13.1 Å². The second-order valence-electron chi connectivity index (χ2n) is 9.13. The average molecular weight is 477 g/mol. The zero-order valence-corrected chi connectivity index (χ0v) is 18.9. The van der Waals surface area contributed by atoms with Gasteiger partial charge in [0.1, 0.15) is 5.54 Å². The normalized spacial score (nSPS) is 20.6. The molecule has 182 valence electrons. The van der Waals surface area contributed by atoms with Gasteiger partial charge in [-0.3, -0.25) is 19.6 Å². The Balaban J connectivity index is 1.51. The third-order valence-electron chi connectivity index (χ3n) is 6.34. The van der Waals surface area contributed by atoms with Crippen LogP contribution in [0.15, 0.2) is 30.5 Å². The van der Waals surface area contributed by atoms with Crippen molar-refractivity contribution in [1.82, 2.24) is 25.3 Å². The molecule has 1 atom stereocenters. The lowest BCUT2D eigenvalue weighted by atomic mass is 9.94. The average Bonchev–Trinajstić information content (AvgIpc) is 3.34. The van der Waals surface area contributed by atoms with Crippen LogP contribution in [0.4, 0.5) is 18.0 Å². The van der Waals surface area contributed by atoms with E-state index < -0.39 is 23.3 Å². The fourth-order valence-corrected chi connectivity index (χ4v) is 4.52. The summed E-state index contributed by atoms with van der Waals surface area (Å²) >= 11 is 0. The van der Waals surface area contributed by atoms with E-state index in [1.807, 2.05) is 0 Å².